The molecule has 104 valence electrons. The molecule has 0 aromatic heterocycles. The second-order valence-corrected chi connectivity index (χ2v) is 5.80. The van der Waals surface area contributed by atoms with Gasteiger partial charge in [-0.2, -0.15) is 0 Å². The Kier molecular flexibility index (Phi) is 4.14. The summed E-state index contributed by atoms with van der Waals surface area (Å²) in [6, 6.07) is 7.68. The van der Waals surface area contributed by atoms with Gasteiger partial charge in [0.25, 0.3) is 0 Å². The van der Waals surface area contributed by atoms with Gasteiger partial charge in [0.1, 0.15) is 5.82 Å². The maximum atomic E-state index is 13.0. The van der Waals surface area contributed by atoms with E-state index in [2.05, 4.69) is 5.32 Å². The van der Waals surface area contributed by atoms with Crippen molar-refractivity contribution < 1.29 is 9.13 Å². The first-order chi connectivity index (χ1) is 9.31. The number of hydrogen-bond acceptors (Lipinski definition) is 2. The van der Waals surface area contributed by atoms with Crippen molar-refractivity contribution in [3.8, 4) is 0 Å². The Balaban J connectivity index is 1.64. The van der Waals surface area contributed by atoms with Crippen LogP contribution in [0.2, 0.25) is 0 Å². The summed E-state index contributed by atoms with van der Waals surface area (Å²) in [6.07, 6.45) is 6.38. The lowest BCUT2D eigenvalue weighted by Gasteiger charge is -2.21. The minimum Gasteiger partial charge on any atom is -0.378 e. The van der Waals surface area contributed by atoms with E-state index in [1.54, 1.807) is 12.1 Å². The Morgan fingerprint density at radius 2 is 2.00 bits per heavy atom. The maximum absolute atomic E-state index is 13.0. The van der Waals surface area contributed by atoms with Crippen LogP contribution in [0.3, 0.4) is 0 Å². The van der Waals surface area contributed by atoms with Crippen molar-refractivity contribution in [2.24, 2.45) is 0 Å². The Hall–Kier alpha value is -0.930. The predicted octanol–water partition coefficient (Wildman–Crippen LogP) is 3.23. The second-order valence-electron chi connectivity index (χ2n) is 5.80. The Bertz CT molecular complexity index is 396. The van der Waals surface area contributed by atoms with E-state index in [0.717, 1.165) is 19.6 Å². The van der Waals surface area contributed by atoms with Crippen LogP contribution in [0.15, 0.2) is 24.3 Å². The van der Waals surface area contributed by atoms with Crippen molar-refractivity contribution in [1.82, 2.24) is 5.32 Å². The Morgan fingerprint density at radius 3 is 2.63 bits per heavy atom. The summed E-state index contributed by atoms with van der Waals surface area (Å²) in [5.41, 5.74) is 1.23. The van der Waals surface area contributed by atoms with Gasteiger partial charge >= 0.3 is 0 Å². The molecule has 0 radical (unpaired) electrons. The van der Waals surface area contributed by atoms with Crippen molar-refractivity contribution in [3.05, 3.63) is 35.6 Å². The van der Waals surface area contributed by atoms with E-state index in [0.29, 0.717) is 18.1 Å². The van der Waals surface area contributed by atoms with E-state index in [1.807, 2.05) is 12.1 Å². The minimum absolute atomic E-state index is 0.158. The Morgan fingerprint density at radius 1 is 1.21 bits per heavy atom. The summed E-state index contributed by atoms with van der Waals surface area (Å²) >= 11 is 0. The molecule has 1 aromatic rings. The fourth-order valence-electron chi connectivity index (χ4n) is 2.82. The van der Waals surface area contributed by atoms with Gasteiger partial charge in [0, 0.05) is 19.2 Å². The molecule has 3 rings (SSSR count). The van der Waals surface area contributed by atoms with Gasteiger partial charge in [-0.1, -0.05) is 12.1 Å². The highest BCUT2D eigenvalue weighted by molar-refractivity contribution is 5.21. The number of halogens is 1. The van der Waals surface area contributed by atoms with Crippen LogP contribution in [-0.4, -0.2) is 25.3 Å². The number of benzene rings is 1. The average molecular weight is 263 g/mol. The molecule has 1 N–H and O–H groups in total. The van der Waals surface area contributed by atoms with Crippen LogP contribution >= 0.6 is 0 Å². The SMILES string of the molecule is Fc1ccc(C(CNC2CC2)CC2CCCO2)cc1. The van der Waals surface area contributed by atoms with E-state index in [1.165, 1.54) is 31.2 Å². The fraction of sp³-hybridized carbons (Fsp3) is 0.625. The lowest BCUT2D eigenvalue weighted by molar-refractivity contribution is 0.0976. The van der Waals surface area contributed by atoms with Crippen molar-refractivity contribution in [2.75, 3.05) is 13.2 Å². The molecule has 2 unspecified atom stereocenters. The van der Waals surface area contributed by atoms with Crippen LogP contribution in [0.25, 0.3) is 0 Å². The molecule has 1 aliphatic heterocycles. The summed E-state index contributed by atoms with van der Waals surface area (Å²) in [6.45, 7) is 1.88. The zero-order valence-electron chi connectivity index (χ0n) is 11.3. The smallest absolute Gasteiger partial charge is 0.123 e. The number of ether oxygens (including phenoxy) is 1. The van der Waals surface area contributed by atoms with Gasteiger partial charge in [0.05, 0.1) is 6.10 Å². The highest BCUT2D eigenvalue weighted by Crippen LogP contribution is 2.28. The molecule has 1 aliphatic carbocycles. The molecule has 2 atom stereocenters. The molecule has 2 nitrogen and oxygen atoms in total. The topological polar surface area (TPSA) is 21.3 Å². The molecular formula is C16H22FNO. The van der Waals surface area contributed by atoms with Crippen LogP contribution in [0.1, 0.15) is 43.6 Å². The van der Waals surface area contributed by atoms with E-state index in [-0.39, 0.29) is 5.82 Å². The highest BCUT2D eigenvalue weighted by Gasteiger charge is 2.25. The van der Waals surface area contributed by atoms with Gasteiger partial charge < -0.3 is 10.1 Å². The summed E-state index contributed by atoms with van der Waals surface area (Å²) in [5, 5.41) is 3.59. The fourth-order valence-corrected chi connectivity index (χ4v) is 2.82. The molecule has 2 aliphatic rings. The van der Waals surface area contributed by atoms with Crippen molar-refractivity contribution in [2.45, 2.75) is 50.2 Å². The van der Waals surface area contributed by atoms with E-state index in [9.17, 15) is 4.39 Å². The monoisotopic (exact) mass is 263 g/mol. The third-order valence-electron chi connectivity index (χ3n) is 4.14. The maximum Gasteiger partial charge on any atom is 0.123 e. The molecule has 19 heavy (non-hydrogen) atoms. The molecular weight excluding hydrogens is 241 g/mol. The quantitative estimate of drug-likeness (QED) is 0.851. The first kappa shape index (κ1) is 13.1. The molecule has 1 saturated carbocycles. The summed E-state index contributed by atoms with van der Waals surface area (Å²) in [5.74, 6) is 0.277. The van der Waals surface area contributed by atoms with Gasteiger partial charge in [0.2, 0.25) is 0 Å². The lowest BCUT2D eigenvalue weighted by atomic mass is 9.92. The highest BCUT2D eigenvalue weighted by atomic mass is 19.1. The zero-order chi connectivity index (χ0) is 13.1. The normalized spacial score (nSPS) is 24.6. The molecule has 2 fully saturated rings. The second kappa shape index (κ2) is 6.02. The van der Waals surface area contributed by atoms with Gasteiger partial charge in [-0.15, -0.1) is 0 Å². The summed E-state index contributed by atoms with van der Waals surface area (Å²) < 4.78 is 18.8. The molecule has 0 bridgehead atoms. The summed E-state index contributed by atoms with van der Waals surface area (Å²) in [4.78, 5) is 0. The van der Waals surface area contributed by atoms with E-state index in [4.69, 9.17) is 4.74 Å². The van der Waals surface area contributed by atoms with E-state index < -0.39 is 0 Å². The third-order valence-corrected chi connectivity index (χ3v) is 4.14. The van der Waals surface area contributed by atoms with Gasteiger partial charge in [-0.05, 0) is 55.7 Å². The van der Waals surface area contributed by atoms with Crippen LogP contribution in [0.5, 0.6) is 0 Å². The standard InChI is InChI=1S/C16H22FNO/c17-14-5-3-12(4-6-14)13(11-18-15-7-8-15)10-16-2-1-9-19-16/h3-6,13,15-16,18H,1-2,7-11H2. The number of nitrogens with one attached hydrogen (secondary N) is 1. The van der Waals surface area contributed by atoms with Crippen molar-refractivity contribution in [1.29, 1.82) is 0 Å². The first-order valence-electron chi connectivity index (χ1n) is 7.42. The molecule has 3 heteroatoms. The molecule has 1 heterocycles. The largest absolute Gasteiger partial charge is 0.378 e. The first-order valence-corrected chi connectivity index (χ1v) is 7.42. The van der Waals surface area contributed by atoms with Crippen LogP contribution in [0.4, 0.5) is 4.39 Å². The molecule has 0 amide bonds. The van der Waals surface area contributed by atoms with Gasteiger partial charge in [0.15, 0.2) is 0 Å². The van der Waals surface area contributed by atoms with Crippen LogP contribution in [0, 0.1) is 5.82 Å². The minimum atomic E-state index is -0.158. The zero-order valence-corrected chi connectivity index (χ0v) is 11.3. The van der Waals surface area contributed by atoms with Crippen molar-refractivity contribution in [3.63, 3.8) is 0 Å². The van der Waals surface area contributed by atoms with E-state index >= 15 is 0 Å². The Labute approximate surface area is 114 Å². The molecule has 1 saturated heterocycles. The predicted molar refractivity (Wildman–Crippen MR) is 73.8 cm³/mol. The molecule has 1 aromatic carbocycles. The van der Waals surface area contributed by atoms with Gasteiger partial charge in [-0.25, -0.2) is 4.39 Å². The van der Waals surface area contributed by atoms with Crippen molar-refractivity contribution >= 4 is 0 Å². The number of rotatable bonds is 6. The summed E-state index contributed by atoms with van der Waals surface area (Å²) in [7, 11) is 0. The van der Waals surface area contributed by atoms with Gasteiger partial charge in [-0.3, -0.25) is 0 Å². The lowest BCUT2D eigenvalue weighted by Crippen LogP contribution is -2.26. The average Bonchev–Trinajstić information content (AvgIpc) is 3.11. The number of hydrogen-bond donors (Lipinski definition) is 1. The van der Waals surface area contributed by atoms with Crippen LogP contribution in [-0.2, 0) is 4.74 Å². The molecule has 0 spiro atoms. The van der Waals surface area contributed by atoms with Crippen LogP contribution < -0.4 is 5.32 Å². The third kappa shape index (κ3) is 3.77.